The number of fused-ring (bicyclic) bond motifs is 1. The van der Waals surface area contributed by atoms with Crippen LogP contribution in [0, 0.1) is 5.95 Å². The minimum atomic E-state index is -0.568. The molecule has 2 heterocycles. The molecule has 1 aliphatic heterocycles. The highest BCUT2D eigenvalue weighted by Crippen LogP contribution is 2.18. The van der Waals surface area contributed by atoms with E-state index in [1.54, 1.807) is 6.07 Å². The zero-order valence-electron chi connectivity index (χ0n) is 10.1. The van der Waals surface area contributed by atoms with Gasteiger partial charge in [-0.25, -0.2) is 4.98 Å². The fraction of sp³-hybridized carbons (Fsp3) is 0.143. The number of hydrogen-bond donors (Lipinski definition) is 2. The molecule has 1 amide bonds. The van der Waals surface area contributed by atoms with Gasteiger partial charge >= 0.3 is 0 Å². The van der Waals surface area contributed by atoms with E-state index < -0.39 is 5.95 Å². The van der Waals surface area contributed by atoms with Crippen molar-refractivity contribution in [2.45, 2.75) is 13.1 Å². The average Bonchev–Trinajstić information content (AvgIpc) is 2.88. The molecule has 0 fully saturated rings. The van der Waals surface area contributed by atoms with E-state index in [2.05, 4.69) is 15.6 Å². The van der Waals surface area contributed by atoms with E-state index in [0.29, 0.717) is 11.3 Å². The number of carbonyl (C=O) groups excluding carboxylic acids is 1. The maximum Gasteiger partial charge on any atom is 0.255 e. The van der Waals surface area contributed by atoms with Gasteiger partial charge in [-0.1, -0.05) is 6.07 Å². The average molecular weight is 257 g/mol. The lowest BCUT2D eigenvalue weighted by molar-refractivity contribution is 0.102. The molecule has 3 rings (SSSR count). The Hall–Kier alpha value is -2.27. The number of anilines is 1. The normalized spacial score (nSPS) is 13.1. The number of amides is 1. The van der Waals surface area contributed by atoms with Crippen molar-refractivity contribution in [1.29, 1.82) is 0 Å². The third-order valence-electron chi connectivity index (χ3n) is 3.08. The number of aromatic nitrogens is 1. The zero-order chi connectivity index (χ0) is 13.2. The highest BCUT2D eigenvalue weighted by molar-refractivity contribution is 6.04. The number of carbonyl (C=O) groups is 1. The molecule has 0 bridgehead atoms. The number of nitrogens with one attached hydrogen (secondary N) is 2. The van der Waals surface area contributed by atoms with Gasteiger partial charge in [-0.05, 0) is 35.4 Å². The number of halogens is 1. The van der Waals surface area contributed by atoms with Crippen molar-refractivity contribution in [2.75, 3.05) is 5.32 Å². The molecule has 96 valence electrons. The fourth-order valence-electron chi connectivity index (χ4n) is 2.09. The maximum atomic E-state index is 12.7. The largest absolute Gasteiger partial charge is 0.321 e. The molecular formula is C14H12FN3O. The molecule has 1 aromatic heterocycles. The number of hydrogen-bond acceptors (Lipinski definition) is 3. The van der Waals surface area contributed by atoms with E-state index in [-0.39, 0.29) is 5.91 Å². The van der Waals surface area contributed by atoms with Crippen LogP contribution in [-0.2, 0) is 13.1 Å². The number of pyridine rings is 1. The van der Waals surface area contributed by atoms with E-state index >= 15 is 0 Å². The molecule has 5 heteroatoms. The monoisotopic (exact) mass is 257 g/mol. The molecule has 0 saturated carbocycles. The molecule has 1 aromatic carbocycles. The topological polar surface area (TPSA) is 54.0 Å². The summed E-state index contributed by atoms with van der Waals surface area (Å²) in [6.45, 7) is 1.63. The summed E-state index contributed by atoms with van der Waals surface area (Å²) in [4.78, 5) is 15.5. The van der Waals surface area contributed by atoms with Crippen LogP contribution < -0.4 is 10.6 Å². The molecule has 0 radical (unpaired) electrons. The number of nitrogens with zero attached hydrogens (tertiary/aromatic N) is 1. The van der Waals surface area contributed by atoms with Crippen LogP contribution in [0.4, 0.5) is 10.1 Å². The Kier molecular flexibility index (Phi) is 2.97. The number of benzene rings is 1. The second-order valence-electron chi connectivity index (χ2n) is 4.41. The van der Waals surface area contributed by atoms with Gasteiger partial charge < -0.3 is 10.6 Å². The van der Waals surface area contributed by atoms with E-state index in [0.717, 1.165) is 18.7 Å². The van der Waals surface area contributed by atoms with Gasteiger partial charge in [0, 0.05) is 18.7 Å². The Labute approximate surface area is 109 Å². The SMILES string of the molecule is O=C(Nc1ccc(F)nc1)c1ccc2c(c1)CNC2. The van der Waals surface area contributed by atoms with E-state index in [4.69, 9.17) is 0 Å². The van der Waals surface area contributed by atoms with Crippen molar-refractivity contribution in [3.63, 3.8) is 0 Å². The quantitative estimate of drug-likeness (QED) is 0.810. The molecule has 0 atom stereocenters. The summed E-state index contributed by atoms with van der Waals surface area (Å²) >= 11 is 0. The van der Waals surface area contributed by atoms with Gasteiger partial charge in [0.05, 0.1) is 11.9 Å². The smallest absolute Gasteiger partial charge is 0.255 e. The van der Waals surface area contributed by atoms with Gasteiger partial charge in [-0.15, -0.1) is 0 Å². The predicted molar refractivity (Wildman–Crippen MR) is 69.1 cm³/mol. The molecule has 0 aliphatic carbocycles. The highest BCUT2D eigenvalue weighted by atomic mass is 19.1. The maximum absolute atomic E-state index is 12.7. The molecule has 1 aliphatic rings. The lowest BCUT2D eigenvalue weighted by Gasteiger charge is -2.06. The summed E-state index contributed by atoms with van der Waals surface area (Å²) in [5.74, 6) is -0.787. The van der Waals surface area contributed by atoms with Crippen LogP contribution in [-0.4, -0.2) is 10.9 Å². The summed E-state index contributed by atoms with van der Waals surface area (Å²) in [7, 11) is 0. The van der Waals surface area contributed by atoms with Gasteiger partial charge in [0.1, 0.15) is 0 Å². The Bertz CT molecular complexity index is 625. The van der Waals surface area contributed by atoms with Crippen molar-refractivity contribution in [3.8, 4) is 0 Å². The molecule has 0 spiro atoms. The Morgan fingerprint density at radius 2 is 2.05 bits per heavy atom. The Balaban J connectivity index is 1.78. The summed E-state index contributed by atoms with van der Waals surface area (Å²) in [5, 5.41) is 5.91. The molecule has 2 N–H and O–H groups in total. The zero-order valence-corrected chi connectivity index (χ0v) is 10.1. The van der Waals surface area contributed by atoms with E-state index in [1.807, 2.05) is 12.1 Å². The molecule has 19 heavy (non-hydrogen) atoms. The lowest BCUT2D eigenvalue weighted by Crippen LogP contribution is -2.12. The van der Waals surface area contributed by atoms with E-state index in [9.17, 15) is 9.18 Å². The van der Waals surface area contributed by atoms with Crippen LogP contribution >= 0.6 is 0 Å². The van der Waals surface area contributed by atoms with Crippen molar-refractivity contribution >= 4 is 11.6 Å². The minimum Gasteiger partial charge on any atom is -0.321 e. The lowest BCUT2D eigenvalue weighted by atomic mass is 10.1. The molecule has 0 unspecified atom stereocenters. The fourth-order valence-corrected chi connectivity index (χ4v) is 2.09. The van der Waals surface area contributed by atoms with Crippen molar-refractivity contribution in [3.05, 3.63) is 59.2 Å². The Morgan fingerprint density at radius 3 is 2.84 bits per heavy atom. The molecule has 2 aromatic rings. The van der Waals surface area contributed by atoms with Gasteiger partial charge in [0.25, 0.3) is 5.91 Å². The van der Waals surface area contributed by atoms with Gasteiger partial charge in [-0.2, -0.15) is 4.39 Å². The first-order chi connectivity index (χ1) is 9.22. The van der Waals surface area contributed by atoms with E-state index in [1.165, 1.54) is 23.9 Å². The number of rotatable bonds is 2. The molecule has 4 nitrogen and oxygen atoms in total. The van der Waals surface area contributed by atoms with Gasteiger partial charge in [0.15, 0.2) is 0 Å². The van der Waals surface area contributed by atoms with Crippen LogP contribution in [0.2, 0.25) is 0 Å². The summed E-state index contributed by atoms with van der Waals surface area (Å²) in [5.41, 5.74) is 3.43. The summed E-state index contributed by atoms with van der Waals surface area (Å²) < 4.78 is 12.7. The standard InChI is InChI=1S/C14H12FN3O/c15-13-4-3-12(8-17-13)18-14(19)9-1-2-10-6-16-7-11(10)5-9/h1-5,8,16H,6-7H2,(H,18,19). The first kappa shape index (κ1) is 11.8. The second-order valence-corrected chi connectivity index (χ2v) is 4.41. The van der Waals surface area contributed by atoms with Crippen LogP contribution in [0.15, 0.2) is 36.5 Å². The highest BCUT2D eigenvalue weighted by Gasteiger charge is 2.13. The first-order valence-electron chi connectivity index (χ1n) is 5.98. The van der Waals surface area contributed by atoms with Crippen molar-refractivity contribution in [1.82, 2.24) is 10.3 Å². The third kappa shape index (κ3) is 2.46. The first-order valence-corrected chi connectivity index (χ1v) is 5.98. The van der Waals surface area contributed by atoms with Crippen molar-refractivity contribution in [2.24, 2.45) is 0 Å². The van der Waals surface area contributed by atoms with Crippen LogP contribution in [0.1, 0.15) is 21.5 Å². The van der Waals surface area contributed by atoms with Crippen LogP contribution in [0.25, 0.3) is 0 Å². The van der Waals surface area contributed by atoms with Crippen molar-refractivity contribution < 1.29 is 9.18 Å². The molecule has 0 saturated heterocycles. The van der Waals surface area contributed by atoms with Gasteiger partial charge in [0.2, 0.25) is 5.95 Å². The summed E-state index contributed by atoms with van der Waals surface area (Å²) in [6, 6.07) is 8.31. The Morgan fingerprint density at radius 1 is 1.21 bits per heavy atom. The minimum absolute atomic E-state index is 0.219. The van der Waals surface area contributed by atoms with Crippen LogP contribution in [0.3, 0.4) is 0 Å². The molecular weight excluding hydrogens is 245 g/mol. The summed E-state index contributed by atoms with van der Waals surface area (Å²) in [6.07, 6.45) is 1.29. The van der Waals surface area contributed by atoms with Crippen LogP contribution in [0.5, 0.6) is 0 Å². The van der Waals surface area contributed by atoms with Gasteiger partial charge in [-0.3, -0.25) is 4.79 Å². The third-order valence-corrected chi connectivity index (χ3v) is 3.08. The predicted octanol–water partition coefficient (Wildman–Crippen LogP) is 2.08. The second kappa shape index (κ2) is 4.78.